The molecule has 0 aliphatic carbocycles. The van der Waals surface area contributed by atoms with Crippen LogP contribution in [0.15, 0.2) is 30.3 Å². The first-order valence-electron chi connectivity index (χ1n) is 4.56. The number of rotatable bonds is 3. The Morgan fingerprint density at radius 1 is 1.53 bits per heavy atom. The minimum absolute atomic E-state index is 0.403. The molecule has 1 saturated heterocycles. The lowest BCUT2D eigenvalue weighted by atomic mass is 10.2. The van der Waals surface area contributed by atoms with Crippen LogP contribution in [0.25, 0.3) is 0 Å². The predicted molar refractivity (Wildman–Crippen MR) is 59.2 cm³/mol. The van der Waals surface area contributed by atoms with E-state index in [1.807, 2.05) is 25.1 Å². The molecule has 1 aromatic carbocycles. The first-order chi connectivity index (χ1) is 7.15. The van der Waals surface area contributed by atoms with Crippen molar-refractivity contribution in [1.82, 2.24) is 4.31 Å². The topological polar surface area (TPSA) is 29.3 Å². The minimum atomic E-state index is -1.49. The zero-order chi connectivity index (χ0) is 10.9. The smallest absolute Gasteiger partial charge is 0.292 e. The highest BCUT2D eigenvalue weighted by Gasteiger charge is 2.51. The highest BCUT2D eigenvalue weighted by atomic mass is 32.2. The number of nitrogens with zero attached hydrogens (tertiary/aromatic N) is 1. The van der Waals surface area contributed by atoms with E-state index in [0.29, 0.717) is 12.3 Å². The number of hydrogen-bond donors (Lipinski definition) is 0. The van der Waals surface area contributed by atoms with Crippen molar-refractivity contribution in [2.45, 2.75) is 12.5 Å². The molecule has 15 heavy (non-hydrogen) atoms. The van der Waals surface area contributed by atoms with E-state index in [9.17, 15) is 4.21 Å². The Balaban J connectivity index is 1.99. The average Bonchev–Trinajstić information content (AvgIpc) is 2.93. The Morgan fingerprint density at radius 2 is 2.20 bits per heavy atom. The number of para-hydroxylation sites is 1. The minimum Gasteiger partial charge on any atom is -0.389 e. The molecule has 3 nitrogen and oxygen atoms in total. The van der Waals surface area contributed by atoms with Crippen LogP contribution in [0.4, 0.5) is 0 Å². The second-order valence-corrected chi connectivity index (χ2v) is 4.61. The van der Waals surface area contributed by atoms with Gasteiger partial charge >= 0.3 is 0 Å². The summed E-state index contributed by atoms with van der Waals surface area (Å²) in [5, 5.41) is 0. The highest BCUT2D eigenvalue weighted by molar-refractivity contribution is 7.78. The molecule has 4 heteroatoms. The number of hydrogen-bond acceptors (Lipinski definition) is 2. The zero-order valence-corrected chi connectivity index (χ0v) is 9.16. The van der Waals surface area contributed by atoms with Gasteiger partial charge < -0.3 is 4.18 Å². The van der Waals surface area contributed by atoms with Crippen LogP contribution in [-0.4, -0.2) is 20.6 Å². The summed E-state index contributed by atoms with van der Waals surface area (Å²) >= 11 is -1.49. The molecule has 3 unspecified atom stereocenters. The van der Waals surface area contributed by atoms with Gasteiger partial charge in [-0.3, -0.25) is 0 Å². The first-order valence-corrected chi connectivity index (χ1v) is 5.59. The van der Waals surface area contributed by atoms with Gasteiger partial charge in [-0.25, -0.2) is 0 Å². The van der Waals surface area contributed by atoms with E-state index in [1.165, 1.54) is 0 Å². The lowest BCUT2D eigenvalue weighted by Gasteiger charge is -2.06. The predicted octanol–water partition coefficient (Wildman–Crippen LogP) is 1.35. The molecule has 1 aliphatic heterocycles. The van der Waals surface area contributed by atoms with E-state index < -0.39 is 16.8 Å². The summed E-state index contributed by atoms with van der Waals surface area (Å²) in [6.45, 7) is 2.47. The molecule has 0 aromatic heterocycles. The van der Waals surface area contributed by atoms with Crippen LogP contribution in [0.5, 0.6) is 5.75 Å². The van der Waals surface area contributed by atoms with E-state index in [1.54, 1.807) is 16.4 Å². The van der Waals surface area contributed by atoms with Gasteiger partial charge in [-0.15, -0.1) is 6.42 Å². The molecule has 0 spiro atoms. The van der Waals surface area contributed by atoms with Gasteiger partial charge in [0.1, 0.15) is 11.3 Å². The lowest BCUT2D eigenvalue weighted by Crippen LogP contribution is -2.17. The lowest BCUT2D eigenvalue weighted by molar-refractivity contribution is 0.514. The van der Waals surface area contributed by atoms with Crippen molar-refractivity contribution in [1.29, 1.82) is 0 Å². The van der Waals surface area contributed by atoms with Crippen molar-refractivity contribution in [2.24, 2.45) is 0 Å². The molecular weight excluding hydrogens is 210 g/mol. The van der Waals surface area contributed by atoms with Crippen LogP contribution in [0.1, 0.15) is 6.92 Å². The van der Waals surface area contributed by atoms with E-state index in [2.05, 4.69) is 5.92 Å². The SMILES string of the molecule is C#CC1(C)CN1S(=O)Oc1ccccc1. The maximum absolute atomic E-state index is 11.7. The summed E-state index contributed by atoms with van der Waals surface area (Å²) in [7, 11) is 0. The summed E-state index contributed by atoms with van der Waals surface area (Å²) < 4.78 is 18.5. The van der Waals surface area contributed by atoms with Crippen molar-refractivity contribution < 1.29 is 8.39 Å². The van der Waals surface area contributed by atoms with Crippen molar-refractivity contribution in [3.8, 4) is 18.1 Å². The fourth-order valence-electron chi connectivity index (χ4n) is 1.18. The summed E-state index contributed by atoms with van der Waals surface area (Å²) in [6.07, 6.45) is 5.31. The Labute approximate surface area is 91.8 Å². The normalized spacial score (nSPS) is 30.3. The van der Waals surface area contributed by atoms with Gasteiger partial charge in [-0.05, 0) is 19.1 Å². The molecule has 0 amide bonds. The van der Waals surface area contributed by atoms with Gasteiger partial charge in [0.15, 0.2) is 0 Å². The fourth-order valence-corrected chi connectivity index (χ4v) is 2.29. The van der Waals surface area contributed by atoms with Crippen molar-refractivity contribution >= 4 is 11.3 Å². The number of benzene rings is 1. The molecule has 1 heterocycles. The van der Waals surface area contributed by atoms with Crippen molar-refractivity contribution in [2.75, 3.05) is 6.54 Å². The summed E-state index contributed by atoms with van der Waals surface area (Å²) in [4.78, 5) is 0. The molecule has 78 valence electrons. The molecule has 0 saturated carbocycles. The monoisotopic (exact) mass is 221 g/mol. The van der Waals surface area contributed by atoms with E-state index >= 15 is 0 Å². The van der Waals surface area contributed by atoms with E-state index in [4.69, 9.17) is 10.6 Å². The molecule has 1 fully saturated rings. The third-order valence-electron chi connectivity index (χ3n) is 2.30. The van der Waals surface area contributed by atoms with Crippen LogP contribution >= 0.6 is 0 Å². The molecule has 1 aliphatic rings. The van der Waals surface area contributed by atoms with Crippen LogP contribution in [0, 0.1) is 12.3 Å². The second kappa shape index (κ2) is 3.69. The van der Waals surface area contributed by atoms with Gasteiger partial charge in [0, 0.05) is 6.54 Å². The maximum Gasteiger partial charge on any atom is 0.292 e. The van der Waals surface area contributed by atoms with E-state index in [0.717, 1.165) is 0 Å². The van der Waals surface area contributed by atoms with Gasteiger partial charge in [0.05, 0.1) is 0 Å². The Hall–Kier alpha value is -1.31. The largest absolute Gasteiger partial charge is 0.389 e. The molecule has 0 radical (unpaired) electrons. The Bertz CT molecular complexity index is 426. The van der Waals surface area contributed by atoms with Gasteiger partial charge in [-0.1, -0.05) is 24.1 Å². The molecule has 3 atom stereocenters. The van der Waals surface area contributed by atoms with Crippen molar-refractivity contribution in [3.05, 3.63) is 30.3 Å². The van der Waals surface area contributed by atoms with Gasteiger partial charge in [0.2, 0.25) is 0 Å². The van der Waals surface area contributed by atoms with Crippen LogP contribution in [0.3, 0.4) is 0 Å². The van der Waals surface area contributed by atoms with Crippen molar-refractivity contribution in [3.63, 3.8) is 0 Å². The molecule has 2 rings (SSSR count). The van der Waals surface area contributed by atoms with Crippen LogP contribution in [-0.2, 0) is 11.3 Å². The summed E-state index contributed by atoms with van der Waals surface area (Å²) in [5.74, 6) is 3.17. The number of terminal acetylenes is 1. The fraction of sp³-hybridized carbons (Fsp3) is 0.273. The highest BCUT2D eigenvalue weighted by Crippen LogP contribution is 2.33. The molecule has 0 bridgehead atoms. The molecule has 0 N–H and O–H groups in total. The van der Waals surface area contributed by atoms with Crippen LogP contribution < -0.4 is 4.18 Å². The third kappa shape index (κ3) is 2.04. The third-order valence-corrected chi connectivity index (χ3v) is 3.53. The van der Waals surface area contributed by atoms with Crippen LogP contribution in [0.2, 0.25) is 0 Å². The molecular formula is C11H11NO2S. The second-order valence-electron chi connectivity index (χ2n) is 3.57. The van der Waals surface area contributed by atoms with Gasteiger partial charge in [0.25, 0.3) is 11.3 Å². The first kappa shape index (κ1) is 10.2. The quantitative estimate of drug-likeness (QED) is 0.569. The maximum atomic E-state index is 11.7. The Morgan fingerprint density at radius 3 is 2.73 bits per heavy atom. The summed E-state index contributed by atoms with van der Waals surface area (Å²) in [6, 6.07) is 9.05. The molecule has 1 aromatic rings. The average molecular weight is 221 g/mol. The van der Waals surface area contributed by atoms with E-state index in [-0.39, 0.29) is 0 Å². The zero-order valence-electron chi connectivity index (χ0n) is 8.34. The standard InChI is InChI=1S/C11H11NO2S/c1-3-11(2)9-12(11)15(13)14-10-7-5-4-6-8-10/h1,4-8H,9H2,2H3. The van der Waals surface area contributed by atoms with Gasteiger partial charge in [-0.2, -0.15) is 8.51 Å². The summed E-state index contributed by atoms with van der Waals surface area (Å²) in [5.41, 5.74) is -0.403. The Kier molecular flexibility index (Phi) is 2.51.